The molecule has 0 saturated carbocycles. The average Bonchev–Trinajstić information content (AvgIpc) is 3.12. The summed E-state index contributed by atoms with van der Waals surface area (Å²) in [4.78, 5) is 25.7. The molecule has 4 aromatic carbocycles. The lowest BCUT2D eigenvalue weighted by molar-refractivity contribution is -0.252. The first-order chi connectivity index (χ1) is 23.9. The zero-order chi connectivity index (χ0) is 34.4. The lowest BCUT2D eigenvalue weighted by atomic mass is 9.98. The second-order valence-corrected chi connectivity index (χ2v) is 12.9. The molecule has 0 spiro atoms. The second kappa shape index (κ2) is 18.4. The summed E-state index contributed by atoms with van der Waals surface area (Å²) in [6.07, 6.45) is 3.00. The summed E-state index contributed by atoms with van der Waals surface area (Å²) in [5, 5.41) is 15.4. The standard InChI is InChI=1S/C41H49N3O5/c1-30(46)42-22-8-4-7-17-40(47)43-26-33-13-9-14-35(23-33)36-15-10-16-37(24-36)41-48-38(28-44(2)27-31-11-5-3-6-12-31)25-39(49-41)34-20-18-32(29-45)19-21-34/h3,5-6,9-16,18-21,23-24,38-39,41,45H,4,7-8,17,22,25-29H2,1-2H3,(H,42,46)(H,43,47)/t38-,39+,41+/m1/s1. The minimum Gasteiger partial charge on any atom is -0.392 e. The van der Waals surface area contributed by atoms with Crippen LogP contribution in [0.4, 0.5) is 0 Å². The lowest BCUT2D eigenvalue weighted by Gasteiger charge is -2.38. The minimum atomic E-state index is -0.549. The molecule has 8 heteroatoms. The van der Waals surface area contributed by atoms with Crippen molar-refractivity contribution in [3.63, 3.8) is 0 Å². The van der Waals surface area contributed by atoms with E-state index in [1.807, 2.05) is 48.5 Å². The van der Waals surface area contributed by atoms with Crippen LogP contribution in [0.1, 0.15) is 79.2 Å². The number of carbonyl (C=O) groups excluding carboxylic acids is 2. The van der Waals surface area contributed by atoms with Crippen LogP contribution in [0.15, 0.2) is 103 Å². The summed E-state index contributed by atoms with van der Waals surface area (Å²) in [7, 11) is 2.12. The predicted octanol–water partition coefficient (Wildman–Crippen LogP) is 6.84. The molecule has 0 bridgehead atoms. The van der Waals surface area contributed by atoms with E-state index in [1.54, 1.807) is 0 Å². The van der Waals surface area contributed by atoms with Gasteiger partial charge >= 0.3 is 0 Å². The number of rotatable bonds is 16. The molecule has 0 aliphatic carbocycles. The third-order valence-electron chi connectivity index (χ3n) is 8.79. The van der Waals surface area contributed by atoms with Gasteiger partial charge in [0.15, 0.2) is 6.29 Å². The van der Waals surface area contributed by atoms with Crippen molar-refractivity contribution in [2.75, 3.05) is 20.1 Å². The van der Waals surface area contributed by atoms with Gasteiger partial charge in [-0.3, -0.25) is 14.5 Å². The van der Waals surface area contributed by atoms with Crippen LogP contribution in [0.3, 0.4) is 0 Å². The number of carbonyl (C=O) groups is 2. The highest BCUT2D eigenvalue weighted by Gasteiger charge is 2.33. The Bertz CT molecular complexity index is 1630. The number of hydrogen-bond acceptors (Lipinski definition) is 6. The summed E-state index contributed by atoms with van der Waals surface area (Å²) < 4.78 is 13.3. The van der Waals surface area contributed by atoms with E-state index < -0.39 is 6.29 Å². The molecule has 49 heavy (non-hydrogen) atoms. The van der Waals surface area contributed by atoms with E-state index in [-0.39, 0.29) is 30.6 Å². The number of amides is 2. The van der Waals surface area contributed by atoms with Gasteiger partial charge in [0.05, 0.1) is 18.8 Å². The summed E-state index contributed by atoms with van der Waals surface area (Å²) >= 11 is 0. The summed E-state index contributed by atoms with van der Waals surface area (Å²) in [6, 6.07) is 35.0. The minimum absolute atomic E-state index is 0.00688. The smallest absolute Gasteiger partial charge is 0.220 e. The number of ether oxygens (including phenoxy) is 2. The lowest BCUT2D eigenvalue weighted by Crippen LogP contribution is -2.37. The maximum atomic E-state index is 12.5. The molecule has 0 unspecified atom stereocenters. The van der Waals surface area contributed by atoms with Crippen LogP contribution in [0.25, 0.3) is 11.1 Å². The van der Waals surface area contributed by atoms with Crippen molar-refractivity contribution in [2.24, 2.45) is 0 Å². The van der Waals surface area contributed by atoms with Gasteiger partial charge < -0.3 is 25.2 Å². The SMILES string of the molecule is CC(=O)NCCCCCC(=O)NCc1cccc(-c2cccc([C@H]3O[C@@H](CN(C)Cc4ccccc4)C[C@@H](c4ccc(CO)cc4)O3)c2)c1. The van der Waals surface area contributed by atoms with Gasteiger partial charge in [0.1, 0.15) is 0 Å². The Hall–Kier alpha value is -4.34. The first kappa shape index (κ1) is 36.0. The van der Waals surface area contributed by atoms with Gasteiger partial charge in [0.25, 0.3) is 0 Å². The molecule has 1 aliphatic heterocycles. The monoisotopic (exact) mass is 663 g/mol. The van der Waals surface area contributed by atoms with Gasteiger partial charge in [-0.05, 0) is 65.4 Å². The van der Waals surface area contributed by atoms with Gasteiger partial charge in [-0.15, -0.1) is 0 Å². The predicted molar refractivity (Wildman–Crippen MR) is 192 cm³/mol. The number of hydrogen-bond donors (Lipinski definition) is 3. The zero-order valence-corrected chi connectivity index (χ0v) is 28.6. The maximum absolute atomic E-state index is 12.5. The number of nitrogens with one attached hydrogen (secondary N) is 2. The molecule has 1 saturated heterocycles. The third kappa shape index (κ3) is 11.4. The Morgan fingerprint density at radius 3 is 2.27 bits per heavy atom. The van der Waals surface area contributed by atoms with E-state index in [9.17, 15) is 14.7 Å². The van der Waals surface area contributed by atoms with Crippen molar-refractivity contribution in [1.82, 2.24) is 15.5 Å². The molecule has 2 amide bonds. The highest BCUT2D eigenvalue weighted by atomic mass is 16.7. The zero-order valence-electron chi connectivity index (χ0n) is 28.6. The number of aliphatic hydroxyl groups is 1. The molecule has 0 radical (unpaired) electrons. The maximum Gasteiger partial charge on any atom is 0.220 e. The first-order valence-corrected chi connectivity index (χ1v) is 17.3. The molecular formula is C41H49N3O5. The van der Waals surface area contributed by atoms with Crippen LogP contribution >= 0.6 is 0 Å². The molecule has 1 fully saturated rings. The molecular weight excluding hydrogens is 614 g/mol. The van der Waals surface area contributed by atoms with Crippen molar-refractivity contribution >= 4 is 11.8 Å². The van der Waals surface area contributed by atoms with E-state index in [2.05, 4.69) is 77.2 Å². The van der Waals surface area contributed by atoms with E-state index in [1.165, 1.54) is 12.5 Å². The van der Waals surface area contributed by atoms with Crippen LogP contribution in [0.5, 0.6) is 0 Å². The van der Waals surface area contributed by atoms with Crippen molar-refractivity contribution in [3.05, 3.63) is 131 Å². The number of aliphatic hydroxyl groups excluding tert-OH is 1. The van der Waals surface area contributed by atoms with Crippen molar-refractivity contribution in [1.29, 1.82) is 0 Å². The number of unbranched alkanes of at least 4 members (excludes halogenated alkanes) is 2. The van der Waals surface area contributed by atoms with Gasteiger partial charge in [-0.1, -0.05) is 97.4 Å². The largest absolute Gasteiger partial charge is 0.392 e. The van der Waals surface area contributed by atoms with Crippen LogP contribution in [0.2, 0.25) is 0 Å². The highest BCUT2D eigenvalue weighted by molar-refractivity contribution is 5.76. The fourth-order valence-corrected chi connectivity index (χ4v) is 6.21. The van der Waals surface area contributed by atoms with E-state index in [4.69, 9.17) is 9.47 Å². The van der Waals surface area contributed by atoms with Gasteiger partial charge in [-0.25, -0.2) is 0 Å². The molecule has 258 valence electrons. The molecule has 0 aromatic heterocycles. The Morgan fingerprint density at radius 1 is 0.776 bits per heavy atom. The van der Waals surface area contributed by atoms with Crippen LogP contribution in [0, 0.1) is 0 Å². The molecule has 3 N–H and O–H groups in total. The molecule has 3 atom stereocenters. The first-order valence-electron chi connectivity index (χ1n) is 17.3. The highest BCUT2D eigenvalue weighted by Crippen LogP contribution is 2.39. The van der Waals surface area contributed by atoms with Crippen LogP contribution in [-0.4, -0.2) is 48.1 Å². The fourth-order valence-electron chi connectivity index (χ4n) is 6.21. The summed E-state index contributed by atoms with van der Waals surface area (Å²) in [5.41, 5.74) is 7.27. The number of benzene rings is 4. The average molecular weight is 664 g/mol. The quantitative estimate of drug-likeness (QED) is 0.114. The van der Waals surface area contributed by atoms with Crippen molar-refractivity contribution < 1.29 is 24.2 Å². The number of nitrogens with zero attached hydrogens (tertiary/aromatic N) is 1. The van der Waals surface area contributed by atoms with Crippen molar-refractivity contribution in [2.45, 2.75) is 77.2 Å². The third-order valence-corrected chi connectivity index (χ3v) is 8.79. The summed E-state index contributed by atoms with van der Waals surface area (Å²) in [6.45, 7) is 4.21. The Kier molecular flexibility index (Phi) is 13.5. The van der Waals surface area contributed by atoms with E-state index in [0.29, 0.717) is 19.5 Å². The van der Waals surface area contributed by atoms with E-state index >= 15 is 0 Å². The Morgan fingerprint density at radius 2 is 1.51 bits per heavy atom. The summed E-state index contributed by atoms with van der Waals surface area (Å²) in [5.74, 6) is 0.00688. The van der Waals surface area contributed by atoms with Crippen molar-refractivity contribution in [3.8, 4) is 11.1 Å². The molecule has 1 aliphatic rings. The topological polar surface area (TPSA) is 100 Å². The Labute approximate surface area is 290 Å². The van der Waals surface area contributed by atoms with Gasteiger partial charge in [0.2, 0.25) is 11.8 Å². The van der Waals surface area contributed by atoms with Crippen LogP contribution in [-0.2, 0) is 38.8 Å². The second-order valence-electron chi connectivity index (χ2n) is 12.9. The van der Waals surface area contributed by atoms with E-state index in [0.717, 1.165) is 72.2 Å². The normalized spacial score (nSPS) is 17.5. The Balaban J connectivity index is 1.24. The molecule has 1 heterocycles. The molecule has 8 nitrogen and oxygen atoms in total. The number of likely N-dealkylation sites (N-methyl/N-ethyl adjacent to an activating group) is 1. The van der Waals surface area contributed by atoms with Crippen LogP contribution < -0.4 is 10.6 Å². The fraction of sp³-hybridized carbons (Fsp3) is 0.366. The molecule has 5 rings (SSSR count). The molecule has 4 aromatic rings. The van der Waals surface area contributed by atoms with Gasteiger partial charge in [-0.2, -0.15) is 0 Å². The van der Waals surface area contributed by atoms with Gasteiger partial charge in [0, 0.05) is 51.5 Å².